The topological polar surface area (TPSA) is 53.4 Å². The fourth-order valence-electron chi connectivity index (χ4n) is 1.54. The molecule has 0 aliphatic rings. The number of hydrogen-bond donors (Lipinski definition) is 1. The van der Waals surface area contributed by atoms with Crippen LogP contribution in [0.4, 0.5) is 0 Å². The van der Waals surface area contributed by atoms with E-state index in [1.165, 1.54) is 0 Å². The molecule has 1 N–H and O–H groups in total. The molecule has 0 unspecified atom stereocenters. The van der Waals surface area contributed by atoms with Gasteiger partial charge < -0.3 is 10.0 Å². The van der Waals surface area contributed by atoms with E-state index in [0.717, 1.165) is 0 Å². The summed E-state index contributed by atoms with van der Waals surface area (Å²) in [7, 11) is 0. The van der Waals surface area contributed by atoms with Crippen LogP contribution in [0, 0.1) is 0 Å². The fourth-order valence-corrected chi connectivity index (χ4v) is 1.90. The number of pyridine rings is 1. The second-order valence-electron chi connectivity index (χ2n) is 4.04. The molecule has 94 valence electrons. The minimum atomic E-state index is -0.0310. The Labute approximate surface area is 110 Å². The summed E-state index contributed by atoms with van der Waals surface area (Å²) >= 11 is 3.25. The normalized spacial score (nSPS) is 10.6. The first-order chi connectivity index (χ1) is 8.06. The third-order valence-electron chi connectivity index (χ3n) is 2.41. The van der Waals surface area contributed by atoms with Crippen LogP contribution in [0.2, 0.25) is 0 Å². The van der Waals surface area contributed by atoms with Gasteiger partial charge in [0.2, 0.25) is 0 Å². The highest BCUT2D eigenvalue weighted by atomic mass is 79.9. The van der Waals surface area contributed by atoms with Gasteiger partial charge >= 0.3 is 0 Å². The molecule has 0 fully saturated rings. The van der Waals surface area contributed by atoms with Crippen molar-refractivity contribution in [1.82, 2.24) is 9.88 Å². The molecule has 0 aromatic carbocycles. The lowest BCUT2D eigenvalue weighted by Crippen LogP contribution is -2.38. The Morgan fingerprint density at radius 3 is 2.82 bits per heavy atom. The summed E-state index contributed by atoms with van der Waals surface area (Å²) in [5.74, 6) is -0.0310. The van der Waals surface area contributed by atoms with Crippen molar-refractivity contribution in [3.8, 4) is 0 Å². The van der Waals surface area contributed by atoms with Gasteiger partial charge in [-0.2, -0.15) is 0 Å². The van der Waals surface area contributed by atoms with Crippen molar-refractivity contribution >= 4 is 21.8 Å². The largest absolute Gasteiger partial charge is 0.396 e. The van der Waals surface area contributed by atoms with Crippen LogP contribution >= 0.6 is 15.9 Å². The highest BCUT2D eigenvalue weighted by molar-refractivity contribution is 9.10. The fraction of sp³-hybridized carbons (Fsp3) is 0.500. The molecule has 0 radical (unpaired) electrons. The van der Waals surface area contributed by atoms with Gasteiger partial charge in [0.05, 0.1) is 0 Å². The molecule has 5 heteroatoms. The minimum absolute atomic E-state index is 0.0310. The van der Waals surface area contributed by atoms with Crippen LogP contribution in [0.25, 0.3) is 0 Å². The average Bonchev–Trinajstić information content (AvgIpc) is 2.29. The Bertz CT molecular complexity index is 383. The highest BCUT2D eigenvalue weighted by Crippen LogP contribution is 2.12. The van der Waals surface area contributed by atoms with E-state index in [0.29, 0.717) is 23.1 Å². The van der Waals surface area contributed by atoms with Gasteiger partial charge in [0, 0.05) is 31.0 Å². The third kappa shape index (κ3) is 4.09. The van der Waals surface area contributed by atoms with E-state index < -0.39 is 0 Å². The van der Waals surface area contributed by atoms with Crippen molar-refractivity contribution in [3.05, 3.63) is 28.5 Å². The lowest BCUT2D eigenvalue weighted by Gasteiger charge is -2.26. The third-order valence-corrected chi connectivity index (χ3v) is 2.85. The summed E-state index contributed by atoms with van der Waals surface area (Å²) in [6, 6.07) is 3.51. The molecule has 0 aliphatic heterocycles. The smallest absolute Gasteiger partial charge is 0.254 e. The second-order valence-corrected chi connectivity index (χ2v) is 4.85. The maximum atomic E-state index is 12.2. The summed E-state index contributed by atoms with van der Waals surface area (Å²) < 4.78 is 0.647. The molecule has 0 atom stereocenters. The number of carbonyl (C=O) groups excluding carboxylic acids is 1. The molecule has 0 aliphatic carbocycles. The van der Waals surface area contributed by atoms with Gasteiger partial charge in [-0.1, -0.05) is 0 Å². The lowest BCUT2D eigenvalue weighted by molar-refractivity contribution is 0.0693. The first-order valence-corrected chi connectivity index (χ1v) is 6.39. The second kappa shape index (κ2) is 6.71. The minimum Gasteiger partial charge on any atom is -0.396 e. The summed E-state index contributed by atoms with van der Waals surface area (Å²) in [6.45, 7) is 4.58. The predicted octanol–water partition coefficient (Wildman–Crippen LogP) is 2.08. The Morgan fingerprint density at radius 1 is 1.59 bits per heavy atom. The molecular weight excluding hydrogens is 284 g/mol. The maximum Gasteiger partial charge on any atom is 0.254 e. The van der Waals surface area contributed by atoms with Gasteiger partial charge in [-0.05, 0) is 48.3 Å². The van der Waals surface area contributed by atoms with Crippen LogP contribution in [0.1, 0.15) is 30.6 Å². The molecule has 0 spiro atoms. The molecular formula is C12H17BrN2O2. The van der Waals surface area contributed by atoms with Crippen molar-refractivity contribution in [1.29, 1.82) is 0 Å². The molecule has 17 heavy (non-hydrogen) atoms. The first kappa shape index (κ1) is 14.1. The number of aliphatic hydroxyl groups excluding tert-OH is 1. The monoisotopic (exact) mass is 300 g/mol. The van der Waals surface area contributed by atoms with Crippen LogP contribution in [-0.2, 0) is 0 Å². The van der Waals surface area contributed by atoms with Gasteiger partial charge in [-0.15, -0.1) is 0 Å². The zero-order valence-electron chi connectivity index (χ0n) is 10.1. The Hall–Kier alpha value is -0.940. The average molecular weight is 301 g/mol. The number of hydrogen-bond acceptors (Lipinski definition) is 3. The lowest BCUT2D eigenvalue weighted by atomic mass is 10.2. The summed E-state index contributed by atoms with van der Waals surface area (Å²) in [6.07, 6.45) is 2.19. The van der Waals surface area contributed by atoms with Crippen LogP contribution in [0.5, 0.6) is 0 Å². The predicted molar refractivity (Wildman–Crippen MR) is 69.8 cm³/mol. The van der Waals surface area contributed by atoms with E-state index >= 15 is 0 Å². The number of nitrogens with zero attached hydrogens (tertiary/aromatic N) is 2. The maximum absolute atomic E-state index is 12.2. The van der Waals surface area contributed by atoms with Gasteiger partial charge in [-0.3, -0.25) is 4.79 Å². The van der Waals surface area contributed by atoms with E-state index in [1.807, 2.05) is 13.8 Å². The van der Waals surface area contributed by atoms with E-state index in [9.17, 15) is 4.79 Å². The van der Waals surface area contributed by atoms with Crippen LogP contribution in [0.15, 0.2) is 22.9 Å². The van der Waals surface area contributed by atoms with Crippen LogP contribution in [0.3, 0.4) is 0 Å². The zero-order valence-corrected chi connectivity index (χ0v) is 11.6. The number of halogens is 1. The van der Waals surface area contributed by atoms with Gasteiger partial charge in [0.1, 0.15) is 4.60 Å². The SMILES string of the molecule is CC(C)N(CCCO)C(=O)c1ccnc(Br)c1. The van der Waals surface area contributed by atoms with Gasteiger partial charge in [0.25, 0.3) is 5.91 Å². The van der Waals surface area contributed by atoms with E-state index in [1.54, 1.807) is 23.2 Å². The Morgan fingerprint density at radius 2 is 2.29 bits per heavy atom. The number of rotatable bonds is 5. The van der Waals surface area contributed by atoms with Crippen molar-refractivity contribution in [2.45, 2.75) is 26.3 Å². The molecule has 4 nitrogen and oxygen atoms in total. The van der Waals surface area contributed by atoms with E-state index in [2.05, 4.69) is 20.9 Å². The van der Waals surface area contributed by atoms with Gasteiger partial charge in [-0.25, -0.2) is 4.98 Å². The number of aromatic nitrogens is 1. The molecule has 1 aromatic heterocycles. The molecule has 0 saturated carbocycles. The zero-order chi connectivity index (χ0) is 12.8. The molecule has 0 bridgehead atoms. The summed E-state index contributed by atoms with van der Waals surface area (Å²) in [5, 5.41) is 8.84. The molecule has 1 aromatic rings. The molecule has 1 amide bonds. The molecule has 0 saturated heterocycles. The van der Waals surface area contributed by atoms with Crippen LogP contribution in [-0.4, -0.2) is 40.1 Å². The van der Waals surface area contributed by atoms with Crippen LogP contribution < -0.4 is 0 Å². The number of carbonyl (C=O) groups is 1. The Kier molecular flexibility index (Phi) is 5.58. The number of amides is 1. The quantitative estimate of drug-likeness (QED) is 0.847. The van der Waals surface area contributed by atoms with Crippen molar-refractivity contribution in [3.63, 3.8) is 0 Å². The van der Waals surface area contributed by atoms with E-state index in [4.69, 9.17) is 5.11 Å². The Balaban J connectivity index is 2.84. The van der Waals surface area contributed by atoms with Gasteiger partial charge in [0.15, 0.2) is 0 Å². The number of aliphatic hydroxyl groups is 1. The van der Waals surface area contributed by atoms with E-state index in [-0.39, 0.29) is 18.6 Å². The van der Waals surface area contributed by atoms with Crippen molar-refractivity contribution < 1.29 is 9.90 Å². The van der Waals surface area contributed by atoms with Crippen molar-refractivity contribution in [2.75, 3.05) is 13.2 Å². The molecule has 1 rings (SSSR count). The molecule has 1 heterocycles. The van der Waals surface area contributed by atoms with Crippen molar-refractivity contribution in [2.24, 2.45) is 0 Å². The highest BCUT2D eigenvalue weighted by Gasteiger charge is 2.18. The standard InChI is InChI=1S/C12H17BrN2O2/c1-9(2)15(6-3-7-16)12(17)10-4-5-14-11(13)8-10/h4-5,8-9,16H,3,6-7H2,1-2H3. The summed E-state index contributed by atoms with van der Waals surface area (Å²) in [5.41, 5.74) is 0.610. The summed E-state index contributed by atoms with van der Waals surface area (Å²) in [4.78, 5) is 18.0. The first-order valence-electron chi connectivity index (χ1n) is 5.59.